The van der Waals surface area contributed by atoms with Gasteiger partial charge >= 0.3 is 0 Å². The van der Waals surface area contributed by atoms with E-state index in [0.29, 0.717) is 15.3 Å². The Labute approximate surface area is 158 Å². The van der Waals surface area contributed by atoms with E-state index >= 15 is 0 Å². The fraction of sp³-hybridized carbons (Fsp3) is 0.176. The highest BCUT2D eigenvalue weighted by molar-refractivity contribution is 7.92. The number of nitro benzene ring substituents is 1. The topological polar surface area (TPSA) is 119 Å². The lowest BCUT2D eigenvalue weighted by molar-refractivity contribution is -0.384. The third kappa shape index (κ3) is 3.81. The molecule has 0 aliphatic rings. The summed E-state index contributed by atoms with van der Waals surface area (Å²) in [6.07, 6.45) is 0. The lowest BCUT2D eigenvalue weighted by atomic mass is 10.2. The molecule has 140 valence electrons. The van der Waals surface area contributed by atoms with E-state index < -0.39 is 25.9 Å². The standard InChI is InChI=1S/C17H15N3O5S2/c1-10(2)27(24,25)13-6-3-11(4-7-13)16(21)19-17-18-14-9-12(20(22)23)5-8-15(14)26-17/h3-10H,1-2H3,(H,18,19,21). The van der Waals surface area contributed by atoms with Gasteiger partial charge in [0.15, 0.2) is 15.0 Å². The van der Waals surface area contributed by atoms with Gasteiger partial charge in [0.2, 0.25) is 0 Å². The van der Waals surface area contributed by atoms with E-state index in [9.17, 15) is 23.3 Å². The quantitative estimate of drug-likeness (QED) is 0.511. The lowest BCUT2D eigenvalue weighted by Crippen LogP contribution is -2.15. The lowest BCUT2D eigenvalue weighted by Gasteiger charge is -2.08. The van der Waals surface area contributed by atoms with E-state index in [1.54, 1.807) is 19.9 Å². The second-order valence-corrected chi connectivity index (χ2v) is 9.54. The maximum Gasteiger partial charge on any atom is 0.271 e. The fourth-order valence-corrected chi connectivity index (χ4v) is 4.22. The van der Waals surface area contributed by atoms with Gasteiger partial charge in [0, 0.05) is 17.7 Å². The molecule has 8 nitrogen and oxygen atoms in total. The largest absolute Gasteiger partial charge is 0.298 e. The van der Waals surface area contributed by atoms with Crippen LogP contribution in [0, 0.1) is 10.1 Å². The van der Waals surface area contributed by atoms with Crippen LogP contribution in [-0.2, 0) is 9.84 Å². The number of sulfone groups is 1. The van der Waals surface area contributed by atoms with Crippen LogP contribution in [0.2, 0.25) is 0 Å². The zero-order valence-electron chi connectivity index (χ0n) is 14.4. The number of non-ortho nitro benzene ring substituents is 1. The van der Waals surface area contributed by atoms with Crippen molar-refractivity contribution in [1.29, 1.82) is 0 Å². The van der Waals surface area contributed by atoms with Crippen molar-refractivity contribution in [3.8, 4) is 0 Å². The maximum absolute atomic E-state index is 12.4. The molecule has 0 saturated heterocycles. The molecule has 0 spiro atoms. The molecule has 2 aromatic carbocycles. The molecule has 1 amide bonds. The van der Waals surface area contributed by atoms with Gasteiger partial charge in [0.1, 0.15) is 0 Å². The Balaban J connectivity index is 1.81. The molecule has 0 fully saturated rings. The number of nitrogens with zero attached hydrogens (tertiary/aromatic N) is 2. The molecule has 1 aromatic heterocycles. The smallest absolute Gasteiger partial charge is 0.271 e. The van der Waals surface area contributed by atoms with E-state index in [1.165, 1.54) is 47.7 Å². The van der Waals surface area contributed by atoms with Crippen LogP contribution in [0.15, 0.2) is 47.4 Å². The molecule has 27 heavy (non-hydrogen) atoms. The number of anilines is 1. The van der Waals surface area contributed by atoms with Crippen molar-refractivity contribution in [1.82, 2.24) is 4.98 Å². The number of nitrogens with one attached hydrogen (secondary N) is 1. The third-order valence-electron chi connectivity index (χ3n) is 3.87. The highest BCUT2D eigenvalue weighted by Crippen LogP contribution is 2.29. The first-order valence-electron chi connectivity index (χ1n) is 7.89. The number of aromatic nitrogens is 1. The Morgan fingerprint density at radius 2 is 1.85 bits per heavy atom. The average Bonchev–Trinajstić information content (AvgIpc) is 3.02. The van der Waals surface area contributed by atoms with Crippen molar-refractivity contribution in [2.24, 2.45) is 0 Å². The SMILES string of the molecule is CC(C)S(=O)(=O)c1ccc(C(=O)Nc2nc3cc([N+](=O)[O-])ccc3s2)cc1. The monoisotopic (exact) mass is 405 g/mol. The number of fused-ring (bicyclic) bond motifs is 1. The minimum absolute atomic E-state index is 0.0763. The number of benzene rings is 2. The Hall–Kier alpha value is -2.85. The number of nitro groups is 1. The normalized spacial score (nSPS) is 11.7. The number of hydrogen-bond acceptors (Lipinski definition) is 7. The number of thiazole rings is 1. The highest BCUT2D eigenvalue weighted by Gasteiger charge is 2.19. The van der Waals surface area contributed by atoms with Gasteiger partial charge in [0.25, 0.3) is 11.6 Å². The predicted octanol–water partition coefficient (Wildman–Crippen LogP) is 3.64. The molecule has 3 rings (SSSR count). The van der Waals surface area contributed by atoms with Crippen LogP contribution in [0.3, 0.4) is 0 Å². The van der Waals surface area contributed by atoms with Crippen molar-refractivity contribution >= 4 is 48.1 Å². The minimum atomic E-state index is -3.40. The van der Waals surface area contributed by atoms with Crippen molar-refractivity contribution in [2.75, 3.05) is 5.32 Å². The van der Waals surface area contributed by atoms with E-state index in [4.69, 9.17) is 0 Å². The number of rotatable bonds is 5. The first-order chi connectivity index (χ1) is 12.7. The first-order valence-corrected chi connectivity index (χ1v) is 10.2. The first kappa shape index (κ1) is 18.9. The second-order valence-electron chi connectivity index (χ2n) is 6.00. The minimum Gasteiger partial charge on any atom is -0.298 e. The number of carbonyl (C=O) groups excluding carboxylic acids is 1. The summed E-state index contributed by atoms with van der Waals surface area (Å²) in [5.74, 6) is -0.447. The predicted molar refractivity (Wildman–Crippen MR) is 103 cm³/mol. The zero-order valence-corrected chi connectivity index (χ0v) is 16.0. The molecule has 1 heterocycles. The maximum atomic E-state index is 12.4. The second kappa shape index (κ2) is 7.05. The molecular weight excluding hydrogens is 390 g/mol. The van der Waals surface area contributed by atoms with E-state index in [-0.39, 0.29) is 16.1 Å². The van der Waals surface area contributed by atoms with Crippen molar-refractivity contribution in [2.45, 2.75) is 24.0 Å². The van der Waals surface area contributed by atoms with Crippen LogP contribution in [0.4, 0.5) is 10.8 Å². The summed E-state index contributed by atoms with van der Waals surface area (Å²) < 4.78 is 24.9. The molecule has 0 bridgehead atoms. The van der Waals surface area contributed by atoms with Gasteiger partial charge in [-0.25, -0.2) is 13.4 Å². The molecule has 0 saturated carbocycles. The Morgan fingerprint density at radius 3 is 2.44 bits per heavy atom. The number of hydrogen-bond donors (Lipinski definition) is 1. The summed E-state index contributed by atoms with van der Waals surface area (Å²) >= 11 is 1.19. The summed E-state index contributed by atoms with van der Waals surface area (Å²) in [6, 6.07) is 9.95. The van der Waals surface area contributed by atoms with Gasteiger partial charge in [-0.1, -0.05) is 11.3 Å². The van der Waals surface area contributed by atoms with Gasteiger partial charge in [-0.2, -0.15) is 0 Å². The van der Waals surface area contributed by atoms with Crippen molar-refractivity contribution < 1.29 is 18.1 Å². The number of amides is 1. The third-order valence-corrected chi connectivity index (χ3v) is 6.99. The molecule has 3 aromatic rings. The molecule has 10 heteroatoms. The van der Waals surface area contributed by atoms with Gasteiger partial charge in [-0.05, 0) is 44.2 Å². The molecular formula is C17H15N3O5S2. The average molecular weight is 405 g/mol. The summed E-state index contributed by atoms with van der Waals surface area (Å²) in [4.78, 5) is 27.0. The van der Waals surface area contributed by atoms with Gasteiger partial charge in [0.05, 0.1) is 25.3 Å². The van der Waals surface area contributed by atoms with Crippen LogP contribution in [0.5, 0.6) is 0 Å². The molecule has 0 aliphatic heterocycles. The Kier molecular flexibility index (Phi) is 4.94. The van der Waals surface area contributed by atoms with E-state index in [2.05, 4.69) is 10.3 Å². The highest BCUT2D eigenvalue weighted by atomic mass is 32.2. The van der Waals surface area contributed by atoms with Crippen LogP contribution in [-0.4, -0.2) is 29.5 Å². The zero-order chi connectivity index (χ0) is 19.8. The van der Waals surface area contributed by atoms with Gasteiger partial charge < -0.3 is 0 Å². The molecule has 0 aliphatic carbocycles. The molecule has 0 atom stereocenters. The Morgan fingerprint density at radius 1 is 1.19 bits per heavy atom. The van der Waals surface area contributed by atoms with Crippen LogP contribution in [0.1, 0.15) is 24.2 Å². The van der Waals surface area contributed by atoms with Crippen LogP contribution >= 0.6 is 11.3 Å². The molecule has 0 unspecified atom stereocenters. The van der Waals surface area contributed by atoms with E-state index in [0.717, 1.165) is 0 Å². The summed E-state index contributed by atoms with van der Waals surface area (Å²) in [7, 11) is -3.40. The summed E-state index contributed by atoms with van der Waals surface area (Å²) in [5.41, 5.74) is 0.624. The molecule has 0 radical (unpaired) electrons. The van der Waals surface area contributed by atoms with Crippen molar-refractivity contribution in [3.05, 3.63) is 58.1 Å². The van der Waals surface area contributed by atoms with Gasteiger partial charge in [-0.15, -0.1) is 0 Å². The van der Waals surface area contributed by atoms with Crippen LogP contribution < -0.4 is 5.32 Å². The molecule has 1 N–H and O–H groups in total. The van der Waals surface area contributed by atoms with Gasteiger partial charge in [-0.3, -0.25) is 20.2 Å². The Bertz CT molecular complexity index is 1140. The summed E-state index contributed by atoms with van der Waals surface area (Å²) in [6.45, 7) is 3.18. The summed E-state index contributed by atoms with van der Waals surface area (Å²) in [5, 5.41) is 13.2. The van der Waals surface area contributed by atoms with E-state index in [1.807, 2.05) is 0 Å². The fourth-order valence-electron chi connectivity index (χ4n) is 2.32. The number of carbonyl (C=O) groups is 1. The van der Waals surface area contributed by atoms with Crippen LogP contribution in [0.25, 0.3) is 10.2 Å². The van der Waals surface area contributed by atoms with Crippen molar-refractivity contribution in [3.63, 3.8) is 0 Å².